The number of aryl methyl sites for hydroxylation is 1. The van der Waals surface area contributed by atoms with Crippen molar-refractivity contribution in [1.82, 2.24) is 0 Å². The molecule has 0 bridgehead atoms. The van der Waals surface area contributed by atoms with Crippen LogP contribution >= 0.6 is 24.0 Å². The van der Waals surface area contributed by atoms with Gasteiger partial charge in [-0.1, -0.05) is 12.1 Å². The van der Waals surface area contributed by atoms with E-state index in [0.717, 1.165) is 37.3 Å². The van der Waals surface area contributed by atoms with Gasteiger partial charge >= 0.3 is 0 Å². The topological polar surface area (TPSA) is 84.5 Å². The quantitative estimate of drug-likeness (QED) is 0.289. The summed E-state index contributed by atoms with van der Waals surface area (Å²) in [6, 6.07) is 9.74. The third kappa shape index (κ3) is 5.41. The minimum atomic E-state index is -3.40. The molecule has 146 valence electrons. The summed E-state index contributed by atoms with van der Waals surface area (Å²) in [6.07, 6.45) is 5.48. The van der Waals surface area contributed by atoms with E-state index in [-0.39, 0.29) is 46.9 Å². The zero-order valence-corrected chi connectivity index (χ0v) is 18.2. The van der Waals surface area contributed by atoms with Crippen LogP contribution in [0.1, 0.15) is 29.5 Å². The Morgan fingerprint density at radius 1 is 1.22 bits per heavy atom. The number of sulfone groups is 1. The van der Waals surface area contributed by atoms with Crippen LogP contribution < -0.4 is 11.1 Å². The van der Waals surface area contributed by atoms with Crippen LogP contribution in [0.25, 0.3) is 0 Å². The van der Waals surface area contributed by atoms with Gasteiger partial charge in [0.05, 0.1) is 11.4 Å². The maximum absolute atomic E-state index is 13.9. The summed E-state index contributed by atoms with van der Waals surface area (Å²) >= 11 is 0. The summed E-state index contributed by atoms with van der Waals surface area (Å²) in [5.41, 5.74) is 9.64. The first-order valence-electron chi connectivity index (χ1n) is 8.51. The van der Waals surface area contributed by atoms with E-state index in [1.165, 1.54) is 29.7 Å². The Labute approximate surface area is 176 Å². The molecule has 0 spiro atoms. The Morgan fingerprint density at radius 3 is 2.70 bits per heavy atom. The zero-order valence-electron chi connectivity index (χ0n) is 15.0. The lowest BCUT2D eigenvalue weighted by molar-refractivity contribution is 0.597. The molecular weight excluding hydrogens is 480 g/mol. The molecule has 2 aromatic rings. The highest BCUT2D eigenvalue weighted by molar-refractivity contribution is 14.0. The van der Waals surface area contributed by atoms with Crippen molar-refractivity contribution in [1.29, 1.82) is 0 Å². The molecule has 5 nitrogen and oxygen atoms in total. The number of anilines is 1. The number of hydrogen-bond donors (Lipinski definition) is 2. The second kappa shape index (κ2) is 9.01. The second-order valence-electron chi connectivity index (χ2n) is 6.50. The highest BCUT2D eigenvalue weighted by Gasteiger charge is 2.14. The number of nitrogens with one attached hydrogen (secondary N) is 1. The lowest BCUT2D eigenvalue weighted by Crippen LogP contribution is -2.24. The minimum absolute atomic E-state index is 0. The number of guanidine groups is 1. The van der Waals surface area contributed by atoms with Gasteiger partial charge in [-0.2, -0.15) is 0 Å². The molecule has 0 radical (unpaired) electrons. The number of hydrogen-bond acceptors (Lipinski definition) is 3. The molecule has 0 saturated carbocycles. The third-order valence-electron chi connectivity index (χ3n) is 4.52. The number of aliphatic imine (C=N–C) groups is 1. The van der Waals surface area contributed by atoms with E-state index in [0.29, 0.717) is 0 Å². The molecule has 0 heterocycles. The number of nitrogens with two attached hydrogens (primary N) is 1. The first kappa shape index (κ1) is 21.6. The van der Waals surface area contributed by atoms with Crippen molar-refractivity contribution < 1.29 is 12.8 Å². The highest BCUT2D eigenvalue weighted by atomic mass is 127. The number of rotatable bonds is 4. The molecule has 0 unspecified atom stereocenters. The van der Waals surface area contributed by atoms with Crippen LogP contribution in [0, 0.1) is 5.82 Å². The molecule has 0 aromatic heterocycles. The average Bonchev–Trinajstić information content (AvgIpc) is 2.60. The van der Waals surface area contributed by atoms with Crippen LogP contribution in [0.4, 0.5) is 10.1 Å². The van der Waals surface area contributed by atoms with Crippen LogP contribution in [0.3, 0.4) is 0 Å². The SMILES string of the molecule is CS(=O)(=O)c1ccc(F)c(CN=C(N)Nc2cccc3c2CCCC3)c1.I. The Hall–Kier alpha value is -1.68. The predicted molar refractivity (Wildman–Crippen MR) is 117 cm³/mol. The van der Waals surface area contributed by atoms with E-state index in [2.05, 4.69) is 16.4 Å². The van der Waals surface area contributed by atoms with Crippen molar-refractivity contribution in [2.45, 2.75) is 37.1 Å². The maximum atomic E-state index is 13.9. The Morgan fingerprint density at radius 2 is 1.96 bits per heavy atom. The van der Waals surface area contributed by atoms with E-state index in [9.17, 15) is 12.8 Å². The van der Waals surface area contributed by atoms with E-state index < -0.39 is 15.7 Å². The van der Waals surface area contributed by atoms with Crippen LogP contribution in [0.15, 0.2) is 46.3 Å². The molecule has 0 fully saturated rings. The fourth-order valence-corrected chi connectivity index (χ4v) is 3.82. The molecule has 0 amide bonds. The van der Waals surface area contributed by atoms with Crippen molar-refractivity contribution in [3.8, 4) is 0 Å². The van der Waals surface area contributed by atoms with E-state index in [4.69, 9.17) is 5.73 Å². The summed E-state index contributed by atoms with van der Waals surface area (Å²) in [7, 11) is -3.40. The molecule has 1 aliphatic carbocycles. The second-order valence-corrected chi connectivity index (χ2v) is 8.52. The molecule has 0 atom stereocenters. The number of benzene rings is 2. The minimum Gasteiger partial charge on any atom is -0.370 e. The first-order chi connectivity index (χ1) is 12.3. The first-order valence-corrected chi connectivity index (χ1v) is 10.4. The van der Waals surface area contributed by atoms with E-state index in [1.54, 1.807) is 0 Å². The van der Waals surface area contributed by atoms with E-state index >= 15 is 0 Å². The fraction of sp³-hybridized carbons (Fsp3) is 0.316. The van der Waals surface area contributed by atoms with Gasteiger partial charge in [-0.3, -0.25) is 0 Å². The van der Waals surface area contributed by atoms with Crippen LogP contribution in [0.5, 0.6) is 0 Å². The normalized spacial score (nSPS) is 14.2. The van der Waals surface area contributed by atoms with Crippen LogP contribution in [0.2, 0.25) is 0 Å². The van der Waals surface area contributed by atoms with Gasteiger partial charge in [0.2, 0.25) is 0 Å². The van der Waals surface area contributed by atoms with Gasteiger partial charge in [-0.05, 0) is 61.1 Å². The van der Waals surface area contributed by atoms with Crippen LogP contribution in [-0.4, -0.2) is 20.6 Å². The molecule has 3 N–H and O–H groups in total. The van der Waals surface area contributed by atoms with Crippen molar-refractivity contribution >= 4 is 45.5 Å². The predicted octanol–water partition coefficient (Wildman–Crippen LogP) is 3.65. The van der Waals surface area contributed by atoms with Crippen LogP contribution in [-0.2, 0) is 29.2 Å². The Kier molecular flexibility index (Phi) is 7.21. The molecule has 27 heavy (non-hydrogen) atoms. The lowest BCUT2D eigenvalue weighted by Gasteiger charge is -2.19. The van der Waals surface area contributed by atoms with Gasteiger partial charge in [0.15, 0.2) is 15.8 Å². The van der Waals surface area contributed by atoms with Gasteiger partial charge in [-0.25, -0.2) is 17.8 Å². The summed E-state index contributed by atoms with van der Waals surface area (Å²) in [5, 5.41) is 3.09. The number of fused-ring (bicyclic) bond motifs is 1. The van der Waals surface area contributed by atoms with Gasteiger partial charge in [-0.15, -0.1) is 24.0 Å². The van der Waals surface area contributed by atoms with Gasteiger partial charge in [0.25, 0.3) is 0 Å². The third-order valence-corrected chi connectivity index (χ3v) is 5.63. The Balaban J connectivity index is 0.00000261. The van der Waals surface area contributed by atoms with Crippen molar-refractivity contribution in [3.63, 3.8) is 0 Å². The smallest absolute Gasteiger partial charge is 0.193 e. The summed E-state index contributed by atoms with van der Waals surface area (Å²) in [5.74, 6) is -0.334. The summed E-state index contributed by atoms with van der Waals surface area (Å²) in [6.45, 7) is -0.0386. The van der Waals surface area contributed by atoms with Crippen molar-refractivity contribution in [2.24, 2.45) is 10.7 Å². The molecule has 1 aliphatic rings. The van der Waals surface area contributed by atoms with Gasteiger partial charge < -0.3 is 11.1 Å². The maximum Gasteiger partial charge on any atom is 0.193 e. The van der Waals surface area contributed by atoms with Gasteiger partial charge in [0, 0.05) is 17.5 Å². The lowest BCUT2D eigenvalue weighted by atomic mass is 9.90. The van der Waals surface area contributed by atoms with Gasteiger partial charge in [0.1, 0.15) is 5.82 Å². The monoisotopic (exact) mass is 503 g/mol. The molecular formula is C19H23FIN3O2S. The standard InChI is InChI=1S/C19H22FN3O2S.HI/c1-26(24,25)15-9-10-17(20)14(11-15)12-22-19(21)23-18-8-4-6-13-5-2-3-7-16(13)18;/h4,6,8-11H,2-3,5,7,12H2,1H3,(H3,21,22,23);1H. The fourth-order valence-electron chi connectivity index (χ4n) is 3.15. The molecule has 2 aromatic carbocycles. The summed E-state index contributed by atoms with van der Waals surface area (Å²) in [4.78, 5) is 4.23. The largest absolute Gasteiger partial charge is 0.370 e. The molecule has 3 rings (SSSR count). The highest BCUT2D eigenvalue weighted by Crippen LogP contribution is 2.27. The Bertz CT molecular complexity index is 961. The van der Waals surface area contributed by atoms with E-state index in [1.807, 2.05) is 12.1 Å². The van der Waals surface area contributed by atoms with Crippen molar-refractivity contribution in [3.05, 3.63) is 58.9 Å². The summed E-state index contributed by atoms with van der Waals surface area (Å²) < 4.78 is 37.2. The average molecular weight is 503 g/mol. The van der Waals surface area contributed by atoms with Crippen molar-refractivity contribution in [2.75, 3.05) is 11.6 Å². The molecule has 8 heteroatoms. The number of nitrogens with zero attached hydrogens (tertiary/aromatic N) is 1. The molecule has 0 aliphatic heterocycles. The zero-order chi connectivity index (χ0) is 18.7. The molecule has 0 saturated heterocycles. The number of halogens is 2.